The molecule has 3 rings (SSSR count). The van der Waals surface area contributed by atoms with Crippen LogP contribution < -0.4 is 0 Å². The molecule has 0 bridgehead atoms. The summed E-state index contributed by atoms with van der Waals surface area (Å²) in [5.74, 6) is 1.74. The van der Waals surface area contributed by atoms with Gasteiger partial charge in [-0.2, -0.15) is 0 Å². The number of aryl methyl sites for hydroxylation is 2. The molecular formula is C19H26N4O2S. The lowest BCUT2D eigenvalue weighted by molar-refractivity contribution is -0.131. The highest BCUT2D eigenvalue weighted by Gasteiger charge is 2.31. The smallest absolute Gasteiger partial charge is 0.236 e. The molecule has 26 heavy (non-hydrogen) atoms. The Morgan fingerprint density at radius 1 is 1.23 bits per heavy atom. The predicted molar refractivity (Wildman–Crippen MR) is 101 cm³/mol. The van der Waals surface area contributed by atoms with Crippen molar-refractivity contribution in [3.05, 3.63) is 34.8 Å². The second-order valence-electron chi connectivity index (χ2n) is 7.84. The minimum absolute atomic E-state index is 0.0868. The van der Waals surface area contributed by atoms with Crippen molar-refractivity contribution in [2.24, 2.45) is 0 Å². The molecule has 0 aliphatic carbocycles. The highest BCUT2D eigenvalue weighted by Crippen LogP contribution is 2.29. The number of hydrogen-bond donors (Lipinski definition) is 0. The number of rotatable bonds is 3. The average Bonchev–Trinajstić information content (AvgIpc) is 2.96. The van der Waals surface area contributed by atoms with Crippen LogP contribution in [0.15, 0.2) is 15.6 Å². The number of thioether (sulfide) groups is 1. The summed E-state index contributed by atoms with van der Waals surface area (Å²) in [6, 6.07) is 1.93. The normalized spacial score (nSPS) is 15.7. The molecule has 1 atom stereocenters. The van der Waals surface area contributed by atoms with Crippen LogP contribution in [0.4, 0.5) is 0 Å². The van der Waals surface area contributed by atoms with Gasteiger partial charge in [0.15, 0.2) is 11.0 Å². The number of carbonyl (C=O) groups excluding carboxylic acids is 1. The fourth-order valence-corrected chi connectivity index (χ4v) is 3.88. The van der Waals surface area contributed by atoms with Crippen LogP contribution >= 0.6 is 11.8 Å². The van der Waals surface area contributed by atoms with Gasteiger partial charge in [0.25, 0.3) is 0 Å². The molecule has 1 aliphatic heterocycles. The lowest BCUT2D eigenvalue weighted by Crippen LogP contribution is -2.40. The van der Waals surface area contributed by atoms with Gasteiger partial charge in [0, 0.05) is 29.8 Å². The molecule has 1 aliphatic rings. The standard InChI is InChI=1S/C19H26N4O2S/c1-11-9-12(2)21-18(20-11)26-13(3)16(24)23-8-7-15-14(10-23)22-17(25-15)19(4,5)6/h9,13H,7-8,10H2,1-6H3. The van der Waals surface area contributed by atoms with Gasteiger partial charge in [0.05, 0.1) is 11.8 Å². The molecule has 6 nitrogen and oxygen atoms in total. The largest absolute Gasteiger partial charge is 0.445 e. The number of carbonyl (C=O) groups is 1. The summed E-state index contributed by atoms with van der Waals surface area (Å²) in [5.41, 5.74) is 2.59. The van der Waals surface area contributed by atoms with Gasteiger partial charge in [-0.15, -0.1) is 0 Å². The van der Waals surface area contributed by atoms with E-state index in [-0.39, 0.29) is 16.6 Å². The molecule has 0 saturated heterocycles. The van der Waals surface area contributed by atoms with Crippen molar-refractivity contribution >= 4 is 17.7 Å². The number of fused-ring (bicyclic) bond motifs is 1. The van der Waals surface area contributed by atoms with Crippen LogP contribution in [0, 0.1) is 13.8 Å². The Hall–Kier alpha value is -1.89. The minimum Gasteiger partial charge on any atom is -0.445 e. The van der Waals surface area contributed by atoms with Crippen LogP contribution in [0.2, 0.25) is 0 Å². The third-order valence-electron chi connectivity index (χ3n) is 4.27. The third-order valence-corrected chi connectivity index (χ3v) is 5.22. The van der Waals surface area contributed by atoms with E-state index in [4.69, 9.17) is 4.42 Å². The van der Waals surface area contributed by atoms with Crippen molar-refractivity contribution in [3.8, 4) is 0 Å². The van der Waals surface area contributed by atoms with Crippen LogP contribution in [0.3, 0.4) is 0 Å². The second-order valence-corrected chi connectivity index (χ2v) is 9.15. The summed E-state index contributed by atoms with van der Waals surface area (Å²) in [6.45, 7) is 13.2. The fourth-order valence-electron chi connectivity index (χ4n) is 2.92. The van der Waals surface area contributed by atoms with Gasteiger partial charge in [0.1, 0.15) is 11.5 Å². The number of hydrogen-bond acceptors (Lipinski definition) is 6. The first-order chi connectivity index (χ1) is 12.1. The lowest BCUT2D eigenvalue weighted by atomic mass is 9.97. The SMILES string of the molecule is Cc1cc(C)nc(SC(C)C(=O)N2CCc3oc(C(C)(C)C)nc3C2)n1. The third kappa shape index (κ3) is 4.09. The summed E-state index contributed by atoms with van der Waals surface area (Å²) in [4.78, 5) is 28.2. The zero-order valence-corrected chi connectivity index (χ0v) is 17.1. The summed E-state index contributed by atoms with van der Waals surface area (Å²) in [6.07, 6.45) is 0.710. The highest BCUT2D eigenvalue weighted by atomic mass is 32.2. The van der Waals surface area contributed by atoms with E-state index in [2.05, 4.69) is 35.7 Å². The summed E-state index contributed by atoms with van der Waals surface area (Å²) in [7, 11) is 0. The molecule has 0 spiro atoms. The van der Waals surface area contributed by atoms with Gasteiger partial charge in [-0.3, -0.25) is 4.79 Å². The predicted octanol–water partition coefficient (Wildman–Crippen LogP) is 3.44. The zero-order chi connectivity index (χ0) is 19.1. The zero-order valence-electron chi connectivity index (χ0n) is 16.3. The average molecular weight is 375 g/mol. The molecular weight excluding hydrogens is 348 g/mol. The van der Waals surface area contributed by atoms with Crippen molar-refractivity contribution in [2.75, 3.05) is 6.54 Å². The van der Waals surface area contributed by atoms with Gasteiger partial charge >= 0.3 is 0 Å². The summed E-state index contributed by atoms with van der Waals surface area (Å²) in [5, 5.41) is 0.407. The molecule has 7 heteroatoms. The van der Waals surface area contributed by atoms with E-state index in [1.807, 2.05) is 31.7 Å². The van der Waals surface area contributed by atoms with E-state index in [9.17, 15) is 4.79 Å². The highest BCUT2D eigenvalue weighted by molar-refractivity contribution is 8.00. The fraction of sp³-hybridized carbons (Fsp3) is 0.579. The molecule has 0 radical (unpaired) electrons. The number of amides is 1. The monoisotopic (exact) mass is 374 g/mol. The van der Waals surface area contributed by atoms with Crippen LogP contribution in [0.5, 0.6) is 0 Å². The summed E-state index contributed by atoms with van der Waals surface area (Å²) < 4.78 is 5.91. The first-order valence-corrected chi connectivity index (χ1v) is 9.78. The molecule has 2 aromatic rings. The lowest BCUT2D eigenvalue weighted by Gasteiger charge is -2.27. The van der Waals surface area contributed by atoms with E-state index in [1.54, 1.807) is 0 Å². The molecule has 2 aromatic heterocycles. The van der Waals surface area contributed by atoms with Crippen molar-refractivity contribution in [3.63, 3.8) is 0 Å². The molecule has 0 saturated carbocycles. The Labute approximate surface area is 158 Å². The first kappa shape index (κ1) is 18.9. The van der Waals surface area contributed by atoms with Crippen LogP contribution in [0.25, 0.3) is 0 Å². The minimum atomic E-state index is -0.244. The molecule has 1 amide bonds. The van der Waals surface area contributed by atoms with Crippen LogP contribution in [-0.2, 0) is 23.2 Å². The Morgan fingerprint density at radius 2 is 1.88 bits per heavy atom. The van der Waals surface area contributed by atoms with E-state index < -0.39 is 0 Å². The molecule has 140 valence electrons. The van der Waals surface area contributed by atoms with Gasteiger partial charge in [-0.05, 0) is 26.8 Å². The van der Waals surface area contributed by atoms with Crippen molar-refractivity contribution in [1.82, 2.24) is 19.9 Å². The number of aromatic nitrogens is 3. The Balaban J connectivity index is 1.69. The van der Waals surface area contributed by atoms with Crippen molar-refractivity contribution in [2.45, 2.75) is 70.3 Å². The van der Waals surface area contributed by atoms with Crippen molar-refractivity contribution < 1.29 is 9.21 Å². The van der Waals surface area contributed by atoms with Gasteiger partial charge < -0.3 is 9.32 Å². The van der Waals surface area contributed by atoms with Crippen LogP contribution in [0.1, 0.15) is 56.4 Å². The Kier molecular flexibility index (Phi) is 5.10. The maximum atomic E-state index is 12.9. The van der Waals surface area contributed by atoms with E-state index in [0.717, 1.165) is 28.7 Å². The van der Waals surface area contributed by atoms with E-state index in [1.165, 1.54) is 11.8 Å². The maximum absolute atomic E-state index is 12.9. The van der Waals surface area contributed by atoms with E-state index in [0.29, 0.717) is 24.7 Å². The Morgan fingerprint density at radius 3 is 2.50 bits per heavy atom. The van der Waals surface area contributed by atoms with Crippen molar-refractivity contribution in [1.29, 1.82) is 0 Å². The molecule has 0 N–H and O–H groups in total. The summed E-state index contributed by atoms with van der Waals surface area (Å²) >= 11 is 1.41. The van der Waals surface area contributed by atoms with Gasteiger partial charge in [0.2, 0.25) is 5.91 Å². The molecule has 0 aromatic carbocycles. The maximum Gasteiger partial charge on any atom is 0.236 e. The van der Waals surface area contributed by atoms with Gasteiger partial charge in [-0.25, -0.2) is 15.0 Å². The molecule has 0 fully saturated rings. The number of oxazole rings is 1. The van der Waals surface area contributed by atoms with Crippen LogP contribution in [-0.4, -0.2) is 37.6 Å². The second kappa shape index (κ2) is 7.02. The van der Waals surface area contributed by atoms with E-state index >= 15 is 0 Å². The quantitative estimate of drug-likeness (QED) is 0.605. The molecule has 1 unspecified atom stereocenters. The first-order valence-electron chi connectivity index (χ1n) is 8.90. The topological polar surface area (TPSA) is 72.1 Å². The number of nitrogens with zero attached hydrogens (tertiary/aromatic N) is 4. The molecule has 3 heterocycles. The van der Waals surface area contributed by atoms with Gasteiger partial charge in [-0.1, -0.05) is 32.5 Å². The Bertz CT molecular complexity index is 805.